The van der Waals surface area contributed by atoms with E-state index in [0.717, 1.165) is 25.7 Å². The van der Waals surface area contributed by atoms with Gasteiger partial charge in [-0.1, -0.05) is 25.5 Å². The molecule has 0 spiro atoms. The van der Waals surface area contributed by atoms with Gasteiger partial charge in [0.2, 0.25) is 0 Å². The summed E-state index contributed by atoms with van der Waals surface area (Å²) in [5.41, 5.74) is 0. The molecule has 0 aliphatic heterocycles. The molecule has 0 radical (unpaired) electrons. The van der Waals surface area contributed by atoms with E-state index in [1.54, 1.807) is 6.92 Å². The third kappa shape index (κ3) is 7.89. The average molecular weight is 318 g/mol. The fourth-order valence-corrected chi connectivity index (χ4v) is 2.32. The number of aliphatic hydroxyl groups is 2. The zero-order chi connectivity index (χ0) is 16.8. The van der Waals surface area contributed by atoms with Crippen LogP contribution >= 0.6 is 0 Å². The van der Waals surface area contributed by atoms with E-state index in [1.807, 2.05) is 0 Å². The lowest BCUT2D eigenvalue weighted by Gasteiger charge is -2.40. The molecule has 3 N–H and O–H groups in total. The van der Waals surface area contributed by atoms with Gasteiger partial charge in [0, 0.05) is 0 Å². The van der Waals surface area contributed by atoms with Crippen molar-refractivity contribution < 1.29 is 29.3 Å². The van der Waals surface area contributed by atoms with Crippen molar-refractivity contribution in [1.29, 1.82) is 0 Å². The third-order valence-corrected chi connectivity index (χ3v) is 3.90. The molecule has 0 aromatic carbocycles. The summed E-state index contributed by atoms with van der Waals surface area (Å²) in [5.74, 6) is -0.951. The number of unbranched alkanes of at least 4 members (excludes halogenated alkanes) is 2. The van der Waals surface area contributed by atoms with E-state index in [0.29, 0.717) is 6.61 Å². The van der Waals surface area contributed by atoms with Crippen LogP contribution in [0.4, 0.5) is 0 Å². The van der Waals surface area contributed by atoms with E-state index in [1.165, 1.54) is 0 Å². The van der Waals surface area contributed by atoms with E-state index in [-0.39, 0.29) is 37.5 Å². The van der Waals surface area contributed by atoms with Gasteiger partial charge in [-0.2, -0.15) is 0 Å². The molecule has 0 saturated carbocycles. The number of allylic oxidation sites excluding steroid dienone is 2. The first kappa shape index (κ1) is 21.0. The minimum atomic E-state index is -0.951. The van der Waals surface area contributed by atoms with Crippen molar-refractivity contribution in [2.75, 3.05) is 39.6 Å². The number of hydrogen-bond donors (Lipinski definition) is 3. The lowest BCUT2D eigenvalue weighted by Crippen LogP contribution is -2.61. The van der Waals surface area contributed by atoms with Crippen molar-refractivity contribution in [3.8, 4) is 0 Å². The predicted molar refractivity (Wildman–Crippen MR) is 85.4 cm³/mol. The summed E-state index contributed by atoms with van der Waals surface area (Å²) < 4.78 is 5.67. The molecule has 1 atom stereocenters. The molecule has 6 heteroatoms. The Kier molecular flexibility index (Phi) is 12.0. The number of carbonyl (C=O) groups is 1. The number of carboxylic acid groups (broad SMARTS) is 1. The van der Waals surface area contributed by atoms with Gasteiger partial charge in [0.15, 0.2) is 12.8 Å². The maximum Gasteiger partial charge on any atom is 0.362 e. The molecule has 0 bridgehead atoms. The van der Waals surface area contributed by atoms with Gasteiger partial charge in [-0.05, 0) is 26.2 Å². The van der Waals surface area contributed by atoms with E-state index in [9.17, 15) is 20.1 Å². The van der Waals surface area contributed by atoms with Crippen LogP contribution in [0.25, 0.3) is 0 Å². The number of rotatable bonds is 14. The zero-order valence-electron chi connectivity index (χ0n) is 13.9. The van der Waals surface area contributed by atoms with Crippen molar-refractivity contribution in [2.24, 2.45) is 0 Å². The molecule has 130 valence electrons. The number of ether oxygens (including phenoxy) is 1. The second kappa shape index (κ2) is 12.6. The molecular weight excluding hydrogens is 286 g/mol. The first-order chi connectivity index (χ1) is 10.5. The highest BCUT2D eigenvalue weighted by Gasteiger charge is 2.38. The summed E-state index contributed by atoms with van der Waals surface area (Å²) in [4.78, 5) is 11.3. The zero-order valence-corrected chi connectivity index (χ0v) is 13.9. The Morgan fingerprint density at radius 3 is 2.27 bits per heavy atom. The van der Waals surface area contributed by atoms with Crippen molar-refractivity contribution in [3.63, 3.8) is 0 Å². The highest BCUT2D eigenvalue weighted by Crippen LogP contribution is 2.14. The van der Waals surface area contributed by atoms with Crippen LogP contribution in [0.3, 0.4) is 0 Å². The Morgan fingerprint density at radius 1 is 1.18 bits per heavy atom. The van der Waals surface area contributed by atoms with E-state index in [2.05, 4.69) is 19.1 Å². The Morgan fingerprint density at radius 2 is 1.77 bits per heavy atom. The Hall–Kier alpha value is -0.950. The number of nitrogens with zero attached hydrogens (tertiary/aromatic N) is 1. The van der Waals surface area contributed by atoms with Crippen molar-refractivity contribution in [3.05, 3.63) is 12.2 Å². The summed E-state index contributed by atoms with van der Waals surface area (Å²) in [6, 6.07) is -0.733. The van der Waals surface area contributed by atoms with Gasteiger partial charge in [-0.15, -0.1) is 0 Å². The highest BCUT2D eigenvalue weighted by molar-refractivity contribution is 5.71. The molecule has 0 fully saturated rings. The van der Waals surface area contributed by atoms with Gasteiger partial charge in [0.25, 0.3) is 0 Å². The van der Waals surface area contributed by atoms with Gasteiger partial charge in [-0.3, -0.25) is 4.48 Å². The normalized spacial score (nSPS) is 13.6. The van der Waals surface area contributed by atoms with Gasteiger partial charge in [0.05, 0.1) is 19.8 Å². The summed E-state index contributed by atoms with van der Waals surface area (Å²) in [7, 11) is 0. The largest absolute Gasteiger partial charge is 0.477 e. The second-order valence-electron chi connectivity index (χ2n) is 5.57. The van der Waals surface area contributed by atoms with E-state index in [4.69, 9.17) is 4.74 Å². The lowest BCUT2D eigenvalue weighted by molar-refractivity contribution is -0.959. The molecule has 1 unspecified atom stereocenters. The third-order valence-electron chi connectivity index (χ3n) is 3.90. The van der Waals surface area contributed by atoms with Gasteiger partial charge in [0.1, 0.15) is 13.1 Å². The topological polar surface area (TPSA) is 87.0 Å². The summed E-state index contributed by atoms with van der Waals surface area (Å²) in [5, 5.41) is 27.7. The average Bonchev–Trinajstić information content (AvgIpc) is 2.49. The number of carboxylic acids is 1. The molecule has 22 heavy (non-hydrogen) atoms. The van der Waals surface area contributed by atoms with Crippen LogP contribution in [-0.2, 0) is 9.53 Å². The molecule has 0 amide bonds. The first-order valence-corrected chi connectivity index (χ1v) is 8.07. The molecular formula is C16H32NO5+. The van der Waals surface area contributed by atoms with Gasteiger partial charge < -0.3 is 20.1 Å². The molecule has 0 rings (SSSR count). The Balaban J connectivity index is 4.37. The standard InChI is InChI=1S/C16H31NO5/c1-3-4-5-6-7-8-13-22-14-17(9-11-18,10-12-19)15(2)16(20)21/h5-6,15,18-19H,3-4,7-14H2,1-2H3/p+1/b6-5+. The van der Waals surface area contributed by atoms with Crippen LogP contribution in [0.5, 0.6) is 0 Å². The summed E-state index contributed by atoms with van der Waals surface area (Å²) >= 11 is 0. The van der Waals surface area contributed by atoms with Crippen LogP contribution < -0.4 is 0 Å². The molecule has 0 aliphatic carbocycles. The minimum absolute atomic E-state index is 0.0357. The molecule has 0 aromatic heterocycles. The monoisotopic (exact) mass is 318 g/mol. The smallest absolute Gasteiger partial charge is 0.362 e. The van der Waals surface area contributed by atoms with Crippen LogP contribution in [-0.4, -0.2) is 71.5 Å². The molecule has 0 aliphatic rings. The predicted octanol–water partition coefficient (Wildman–Crippen LogP) is 1.37. The van der Waals surface area contributed by atoms with Gasteiger partial charge >= 0.3 is 5.97 Å². The van der Waals surface area contributed by atoms with Crippen LogP contribution in [0.15, 0.2) is 12.2 Å². The highest BCUT2D eigenvalue weighted by atomic mass is 16.5. The van der Waals surface area contributed by atoms with E-state index < -0.39 is 12.0 Å². The second-order valence-corrected chi connectivity index (χ2v) is 5.57. The summed E-state index contributed by atoms with van der Waals surface area (Å²) in [6.07, 6.45) is 8.33. The fraction of sp³-hybridized carbons (Fsp3) is 0.812. The van der Waals surface area contributed by atoms with Crippen LogP contribution in [0.1, 0.15) is 39.5 Å². The van der Waals surface area contributed by atoms with Crippen LogP contribution in [0.2, 0.25) is 0 Å². The Bertz CT molecular complexity index is 314. The Labute approximate surface area is 133 Å². The van der Waals surface area contributed by atoms with Crippen molar-refractivity contribution >= 4 is 5.97 Å². The maximum absolute atomic E-state index is 11.3. The molecule has 0 saturated heterocycles. The lowest BCUT2D eigenvalue weighted by atomic mass is 10.2. The quantitative estimate of drug-likeness (QED) is 0.195. The minimum Gasteiger partial charge on any atom is -0.477 e. The fourth-order valence-electron chi connectivity index (χ4n) is 2.32. The van der Waals surface area contributed by atoms with Crippen molar-refractivity contribution in [2.45, 2.75) is 45.6 Å². The number of hydrogen-bond acceptors (Lipinski definition) is 4. The van der Waals surface area contributed by atoms with Crippen molar-refractivity contribution in [1.82, 2.24) is 0 Å². The maximum atomic E-state index is 11.3. The number of quaternary nitrogens is 1. The summed E-state index contributed by atoms with van der Waals surface area (Å²) in [6.45, 7) is 4.69. The molecule has 0 aromatic rings. The number of aliphatic hydroxyl groups excluding tert-OH is 2. The molecule has 6 nitrogen and oxygen atoms in total. The van der Waals surface area contributed by atoms with Crippen LogP contribution in [0, 0.1) is 0 Å². The van der Waals surface area contributed by atoms with Gasteiger partial charge in [-0.25, -0.2) is 4.79 Å². The number of aliphatic carboxylic acids is 1. The first-order valence-electron chi connectivity index (χ1n) is 8.07. The SMILES string of the molecule is CCC/C=C/CCCOC[N+](CCO)(CCO)C(C)C(=O)O. The molecule has 0 heterocycles. The van der Waals surface area contributed by atoms with E-state index >= 15 is 0 Å².